The molecule has 0 aromatic heterocycles. The van der Waals surface area contributed by atoms with Gasteiger partial charge in [-0.1, -0.05) is 43.1 Å². The fourth-order valence-corrected chi connectivity index (χ4v) is 1.92. The van der Waals surface area contributed by atoms with Crippen molar-refractivity contribution in [2.45, 2.75) is 26.3 Å². The number of hydrogen-bond acceptors (Lipinski definition) is 2. The number of amides is 2. The number of carboxylic acids is 1. The van der Waals surface area contributed by atoms with Gasteiger partial charge in [0.15, 0.2) is 0 Å². The summed E-state index contributed by atoms with van der Waals surface area (Å²) in [7, 11) is 0. The first-order valence-corrected chi connectivity index (χ1v) is 6.80. The maximum atomic E-state index is 11.9. The summed E-state index contributed by atoms with van der Waals surface area (Å²) < 4.78 is 0. The van der Waals surface area contributed by atoms with Crippen LogP contribution in [0.25, 0.3) is 0 Å². The van der Waals surface area contributed by atoms with E-state index in [9.17, 15) is 9.59 Å². The zero-order valence-corrected chi connectivity index (χ0v) is 12.6. The Hall–Kier alpha value is -1.46. The van der Waals surface area contributed by atoms with Crippen LogP contribution in [0.2, 0.25) is 10.0 Å². The Labute approximate surface area is 127 Å². The van der Waals surface area contributed by atoms with E-state index in [0.29, 0.717) is 10.7 Å². The van der Waals surface area contributed by atoms with Gasteiger partial charge in [-0.25, -0.2) is 4.79 Å². The van der Waals surface area contributed by atoms with Gasteiger partial charge in [0.1, 0.15) is 0 Å². The maximum Gasteiger partial charge on any atom is 0.319 e. The summed E-state index contributed by atoms with van der Waals surface area (Å²) in [6.07, 6.45) is -0.144. The standard InChI is InChI=1S/C13H16Cl2N2O3/c1-7(2)10(6-11(18)19)17-13(20)16-9-5-3-4-8(14)12(9)15/h3-5,7,10H,6H2,1-2H3,(H,18,19)(H2,16,17,20). The molecular weight excluding hydrogens is 303 g/mol. The summed E-state index contributed by atoms with van der Waals surface area (Å²) in [6.45, 7) is 3.67. The summed E-state index contributed by atoms with van der Waals surface area (Å²) in [5.41, 5.74) is 0.370. The molecule has 7 heteroatoms. The van der Waals surface area contributed by atoms with Crippen LogP contribution in [0.5, 0.6) is 0 Å². The van der Waals surface area contributed by atoms with Crippen molar-refractivity contribution in [2.24, 2.45) is 5.92 Å². The van der Waals surface area contributed by atoms with Gasteiger partial charge in [0.2, 0.25) is 0 Å². The molecular formula is C13H16Cl2N2O3. The fourth-order valence-electron chi connectivity index (χ4n) is 1.57. The van der Waals surface area contributed by atoms with Gasteiger partial charge >= 0.3 is 12.0 Å². The molecule has 0 fully saturated rings. The summed E-state index contributed by atoms with van der Waals surface area (Å²) >= 11 is 11.8. The number of benzene rings is 1. The van der Waals surface area contributed by atoms with Crippen molar-refractivity contribution in [3.8, 4) is 0 Å². The third kappa shape index (κ3) is 4.90. The maximum absolute atomic E-state index is 11.9. The molecule has 1 aromatic rings. The molecule has 5 nitrogen and oxygen atoms in total. The van der Waals surface area contributed by atoms with E-state index in [0.717, 1.165) is 0 Å². The average molecular weight is 319 g/mol. The third-order valence-electron chi connectivity index (χ3n) is 2.72. The average Bonchev–Trinajstić information content (AvgIpc) is 2.33. The zero-order valence-electron chi connectivity index (χ0n) is 11.1. The second kappa shape index (κ2) is 7.36. The topological polar surface area (TPSA) is 78.4 Å². The number of carboxylic acid groups (broad SMARTS) is 1. The lowest BCUT2D eigenvalue weighted by molar-refractivity contribution is -0.137. The highest BCUT2D eigenvalue weighted by molar-refractivity contribution is 6.43. The lowest BCUT2D eigenvalue weighted by Gasteiger charge is -2.21. The second-order valence-corrected chi connectivity index (χ2v) is 5.43. The van der Waals surface area contributed by atoms with Crippen LogP contribution < -0.4 is 10.6 Å². The van der Waals surface area contributed by atoms with E-state index >= 15 is 0 Å². The highest BCUT2D eigenvalue weighted by Gasteiger charge is 2.19. The molecule has 0 saturated carbocycles. The van der Waals surface area contributed by atoms with Crippen LogP contribution in [0, 0.1) is 5.92 Å². The van der Waals surface area contributed by atoms with E-state index in [1.807, 2.05) is 13.8 Å². The minimum absolute atomic E-state index is 0.00770. The normalized spacial score (nSPS) is 12.1. The number of anilines is 1. The molecule has 1 aromatic carbocycles. The lowest BCUT2D eigenvalue weighted by atomic mass is 10.0. The number of hydrogen-bond donors (Lipinski definition) is 3. The molecule has 0 spiro atoms. The Morgan fingerprint density at radius 2 is 1.95 bits per heavy atom. The van der Waals surface area contributed by atoms with Crippen molar-refractivity contribution < 1.29 is 14.7 Å². The Bertz CT molecular complexity index is 506. The number of carbonyl (C=O) groups is 2. The summed E-state index contributed by atoms with van der Waals surface area (Å²) in [5, 5.41) is 14.5. The molecule has 0 heterocycles. The van der Waals surface area contributed by atoms with Gasteiger partial charge in [0, 0.05) is 6.04 Å². The monoisotopic (exact) mass is 318 g/mol. The Morgan fingerprint density at radius 3 is 2.50 bits per heavy atom. The minimum atomic E-state index is -0.968. The number of aliphatic carboxylic acids is 1. The Morgan fingerprint density at radius 1 is 1.30 bits per heavy atom. The first-order chi connectivity index (χ1) is 9.31. The van der Waals surface area contributed by atoms with Gasteiger partial charge in [0.05, 0.1) is 22.2 Å². The molecule has 3 N–H and O–H groups in total. The molecule has 0 aliphatic rings. The van der Waals surface area contributed by atoms with Crippen LogP contribution in [0.15, 0.2) is 18.2 Å². The van der Waals surface area contributed by atoms with E-state index in [1.165, 1.54) is 0 Å². The first-order valence-electron chi connectivity index (χ1n) is 6.04. The second-order valence-electron chi connectivity index (χ2n) is 4.65. The van der Waals surface area contributed by atoms with Crippen LogP contribution >= 0.6 is 23.2 Å². The molecule has 1 rings (SSSR count). The largest absolute Gasteiger partial charge is 0.481 e. The minimum Gasteiger partial charge on any atom is -0.481 e. The van der Waals surface area contributed by atoms with Crippen LogP contribution in [0.3, 0.4) is 0 Å². The van der Waals surface area contributed by atoms with E-state index in [2.05, 4.69) is 10.6 Å². The van der Waals surface area contributed by atoms with Gasteiger partial charge in [-0.3, -0.25) is 4.79 Å². The number of halogens is 2. The van der Waals surface area contributed by atoms with Crippen LogP contribution in [0.4, 0.5) is 10.5 Å². The van der Waals surface area contributed by atoms with Crippen molar-refractivity contribution >= 4 is 40.9 Å². The van der Waals surface area contributed by atoms with Crippen molar-refractivity contribution in [3.63, 3.8) is 0 Å². The fraction of sp³-hybridized carbons (Fsp3) is 0.385. The molecule has 0 radical (unpaired) electrons. The molecule has 1 unspecified atom stereocenters. The van der Waals surface area contributed by atoms with Crippen molar-refractivity contribution in [1.82, 2.24) is 5.32 Å². The van der Waals surface area contributed by atoms with Gasteiger partial charge in [-0.15, -0.1) is 0 Å². The lowest BCUT2D eigenvalue weighted by Crippen LogP contribution is -2.42. The molecule has 110 valence electrons. The van der Waals surface area contributed by atoms with Gasteiger partial charge < -0.3 is 15.7 Å². The molecule has 0 aliphatic carbocycles. The van der Waals surface area contributed by atoms with Crippen molar-refractivity contribution in [3.05, 3.63) is 28.2 Å². The smallest absolute Gasteiger partial charge is 0.319 e. The van der Waals surface area contributed by atoms with Crippen LogP contribution in [-0.4, -0.2) is 23.1 Å². The zero-order chi connectivity index (χ0) is 15.3. The summed E-state index contributed by atoms with van der Waals surface area (Å²) in [6, 6.07) is 3.88. The molecule has 0 bridgehead atoms. The molecule has 20 heavy (non-hydrogen) atoms. The number of rotatable bonds is 5. The number of urea groups is 1. The Balaban J connectivity index is 2.70. The summed E-state index contributed by atoms with van der Waals surface area (Å²) in [5.74, 6) is -0.975. The predicted molar refractivity (Wildman–Crippen MR) is 79.5 cm³/mol. The van der Waals surface area contributed by atoms with E-state index < -0.39 is 18.0 Å². The van der Waals surface area contributed by atoms with Gasteiger partial charge in [0.25, 0.3) is 0 Å². The SMILES string of the molecule is CC(C)C(CC(=O)O)NC(=O)Nc1cccc(Cl)c1Cl. The van der Waals surface area contributed by atoms with E-state index in [4.69, 9.17) is 28.3 Å². The third-order valence-corrected chi connectivity index (χ3v) is 3.53. The quantitative estimate of drug-likeness (QED) is 0.775. The predicted octanol–water partition coefficient (Wildman–Crippen LogP) is 3.61. The molecule has 0 saturated heterocycles. The highest BCUT2D eigenvalue weighted by Crippen LogP contribution is 2.29. The number of carbonyl (C=O) groups excluding carboxylic acids is 1. The Kier molecular flexibility index (Phi) is 6.10. The van der Waals surface area contributed by atoms with E-state index in [-0.39, 0.29) is 17.4 Å². The molecule has 0 aliphatic heterocycles. The van der Waals surface area contributed by atoms with Gasteiger partial charge in [-0.05, 0) is 18.1 Å². The summed E-state index contributed by atoms with van der Waals surface area (Å²) in [4.78, 5) is 22.6. The number of nitrogens with one attached hydrogen (secondary N) is 2. The molecule has 1 atom stereocenters. The molecule has 2 amide bonds. The first kappa shape index (κ1) is 16.6. The highest BCUT2D eigenvalue weighted by atomic mass is 35.5. The van der Waals surface area contributed by atoms with Crippen LogP contribution in [0.1, 0.15) is 20.3 Å². The van der Waals surface area contributed by atoms with Crippen LogP contribution in [-0.2, 0) is 4.79 Å². The van der Waals surface area contributed by atoms with Crippen molar-refractivity contribution in [1.29, 1.82) is 0 Å². The van der Waals surface area contributed by atoms with Gasteiger partial charge in [-0.2, -0.15) is 0 Å². The van der Waals surface area contributed by atoms with Crippen molar-refractivity contribution in [2.75, 3.05) is 5.32 Å². The van der Waals surface area contributed by atoms with E-state index in [1.54, 1.807) is 18.2 Å².